The van der Waals surface area contributed by atoms with Crippen molar-refractivity contribution in [3.8, 4) is 11.5 Å². The standard InChI is InChI=1S/C41H42N3O13P.C6H15N/c1-4-52-35(45)26-53-36-37(44-24-23-34(42)43-39(44)47)55-33(41(36,48)57-58(49)56-38(46)27-11-7-5-8-12-27)25-54-40(28-13-9-6-10-14-28,29-15-19-31(50-2)20-16-29)30-17-21-32(51-3)22-18-30;1-4-7(5-2)6-3/h5-24,33,36-37,48,58H,4,25-26H2,1-3H3,(H2,42,43,47);4-6H2,1-3H3/t33-,36+,37-,41-;/m1./s1. The third-order valence-electron chi connectivity index (χ3n) is 10.6. The molecule has 0 radical (unpaired) electrons. The Morgan fingerprint density at radius 1 is 0.831 bits per heavy atom. The molecule has 18 heteroatoms. The summed E-state index contributed by atoms with van der Waals surface area (Å²) in [7, 11) is -0.884. The molecule has 1 fully saturated rings. The van der Waals surface area contributed by atoms with Crippen molar-refractivity contribution in [2.45, 2.75) is 57.5 Å². The molecule has 1 aromatic heterocycles. The van der Waals surface area contributed by atoms with Crippen LogP contribution in [0.3, 0.4) is 0 Å². The zero-order valence-corrected chi connectivity index (χ0v) is 38.3. The first kappa shape index (κ1) is 50.1. The monoisotopic (exact) mass is 916 g/mol. The minimum Gasteiger partial charge on any atom is -0.497 e. The maximum atomic E-state index is 13.7. The summed E-state index contributed by atoms with van der Waals surface area (Å²) in [4.78, 5) is 45.0. The van der Waals surface area contributed by atoms with E-state index >= 15 is 0 Å². The molecule has 1 unspecified atom stereocenters. The molecule has 1 aliphatic heterocycles. The Morgan fingerprint density at radius 3 is 1.86 bits per heavy atom. The molecule has 6 rings (SSSR count). The normalized spacial score (nSPS) is 18.6. The van der Waals surface area contributed by atoms with E-state index < -0.39 is 68.9 Å². The van der Waals surface area contributed by atoms with Crippen molar-refractivity contribution in [3.63, 3.8) is 0 Å². The van der Waals surface area contributed by atoms with Gasteiger partial charge in [-0.3, -0.25) is 9.09 Å². The Morgan fingerprint density at radius 2 is 1.37 bits per heavy atom. The zero-order chi connectivity index (χ0) is 47.0. The van der Waals surface area contributed by atoms with Gasteiger partial charge in [0.15, 0.2) is 12.3 Å². The molecular weight excluding hydrogens is 860 g/mol. The van der Waals surface area contributed by atoms with Gasteiger partial charge >= 0.3 is 25.9 Å². The Balaban J connectivity index is 0.00000105. The highest BCUT2D eigenvalue weighted by Crippen LogP contribution is 2.48. The number of carbonyl (C=O) groups is 2. The van der Waals surface area contributed by atoms with Gasteiger partial charge in [-0.2, -0.15) is 4.98 Å². The number of aliphatic hydroxyl groups is 1. The Bertz CT molecular complexity index is 2300. The quantitative estimate of drug-likeness (QED) is 0.0397. The second-order valence-corrected chi connectivity index (χ2v) is 15.3. The van der Waals surface area contributed by atoms with Gasteiger partial charge in [0.05, 0.1) is 33.0 Å². The highest BCUT2D eigenvalue weighted by atomic mass is 31.1. The Kier molecular flexibility index (Phi) is 18.4. The summed E-state index contributed by atoms with van der Waals surface area (Å²) < 4.78 is 60.7. The van der Waals surface area contributed by atoms with E-state index in [1.807, 2.05) is 54.6 Å². The number of esters is 1. The fraction of sp³-hybridized carbons (Fsp3) is 0.362. The third-order valence-corrected chi connectivity index (χ3v) is 11.5. The number of hydrogen-bond donors (Lipinski definition) is 2. The van der Waals surface area contributed by atoms with Gasteiger partial charge in [0.2, 0.25) is 5.79 Å². The predicted molar refractivity (Wildman–Crippen MR) is 242 cm³/mol. The minimum absolute atomic E-state index is 0.00674. The van der Waals surface area contributed by atoms with Crippen LogP contribution in [0.15, 0.2) is 126 Å². The first-order chi connectivity index (χ1) is 31.4. The number of rotatable bonds is 20. The van der Waals surface area contributed by atoms with Crippen molar-refractivity contribution in [1.29, 1.82) is 0 Å². The molecular formula is C47H57N4O13P. The first-order valence-electron chi connectivity index (χ1n) is 21.1. The number of anilines is 1. The summed E-state index contributed by atoms with van der Waals surface area (Å²) in [5.41, 5.74) is 5.32. The molecule has 17 nitrogen and oxygen atoms in total. The molecule has 0 bridgehead atoms. The van der Waals surface area contributed by atoms with Gasteiger partial charge < -0.3 is 48.7 Å². The minimum atomic E-state index is -3.97. The average molecular weight is 917 g/mol. The fourth-order valence-electron chi connectivity index (χ4n) is 7.21. The highest BCUT2D eigenvalue weighted by molar-refractivity contribution is 7.34. The lowest BCUT2D eigenvalue weighted by Gasteiger charge is -2.38. The number of hydrogen-bond acceptors (Lipinski definition) is 16. The Labute approximate surface area is 378 Å². The van der Waals surface area contributed by atoms with Crippen LogP contribution in [0.2, 0.25) is 0 Å². The lowest BCUT2D eigenvalue weighted by atomic mass is 9.80. The summed E-state index contributed by atoms with van der Waals surface area (Å²) in [5.74, 6) is -3.67. The fourth-order valence-corrected chi connectivity index (χ4v) is 8.03. The van der Waals surface area contributed by atoms with E-state index in [9.17, 15) is 24.1 Å². The van der Waals surface area contributed by atoms with Crippen molar-refractivity contribution >= 4 is 26.0 Å². The molecule has 4 aromatic carbocycles. The van der Waals surface area contributed by atoms with E-state index in [0.717, 1.165) is 4.57 Å². The topological polar surface area (TPSA) is 209 Å². The molecule has 1 saturated heterocycles. The number of nitrogens with two attached hydrogens (primary N) is 1. The van der Waals surface area contributed by atoms with E-state index in [1.165, 1.54) is 44.0 Å². The van der Waals surface area contributed by atoms with Crippen LogP contribution < -0.4 is 20.9 Å². The molecule has 1 aliphatic rings. The van der Waals surface area contributed by atoms with E-state index in [-0.39, 0.29) is 18.0 Å². The summed E-state index contributed by atoms with van der Waals surface area (Å²) in [5, 5.41) is 12.7. The van der Waals surface area contributed by atoms with Gasteiger partial charge in [-0.1, -0.05) is 93.6 Å². The molecule has 2 heterocycles. The summed E-state index contributed by atoms with van der Waals surface area (Å²) >= 11 is 0. The Hall–Kier alpha value is -5.91. The second-order valence-electron chi connectivity index (χ2n) is 14.4. The first-order valence-corrected chi connectivity index (χ1v) is 22.3. The van der Waals surface area contributed by atoms with Gasteiger partial charge in [-0.15, -0.1) is 0 Å². The van der Waals surface area contributed by atoms with Gasteiger partial charge in [-0.25, -0.2) is 18.9 Å². The van der Waals surface area contributed by atoms with Crippen molar-refractivity contribution in [2.75, 3.05) is 59.4 Å². The molecule has 65 heavy (non-hydrogen) atoms. The lowest BCUT2D eigenvalue weighted by molar-refractivity contribution is -0.234. The third kappa shape index (κ3) is 12.3. The summed E-state index contributed by atoms with van der Waals surface area (Å²) in [6.07, 6.45) is -3.88. The number of nitrogens with zero attached hydrogens (tertiary/aromatic N) is 3. The molecule has 5 aromatic rings. The molecule has 0 aliphatic carbocycles. The van der Waals surface area contributed by atoms with Crippen molar-refractivity contribution in [3.05, 3.63) is 154 Å². The average Bonchev–Trinajstić information content (AvgIpc) is 3.59. The van der Waals surface area contributed by atoms with Gasteiger partial charge in [-0.05, 0) is 85.7 Å². The summed E-state index contributed by atoms with van der Waals surface area (Å²) in [6, 6.07) is 32.5. The SMILES string of the molecule is CCN(CC)CC.CCOC(=O)CO[C@H]1[C@H](n2ccc(N)nc2=O)O[C@H](COC(c2ccccc2)(c2ccc(OC)cc2)c2ccc(OC)cc2)[C@@]1(O)O[PH](=O)OC(=O)c1ccccc1. The van der Waals surface area contributed by atoms with E-state index in [0.29, 0.717) is 28.2 Å². The van der Waals surface area contributed by atoms with E-state index in [1.54, 1.807) is 63.6 Å². The summed E-state index contributed by atoms with van der Waals surface area (Å²) in [6.45, 7) is 10.4. The van der Waals surface area contributed by atoms with Crippen LogP contribution in [0.25, 0.3) is 0 Å². The maximum absolute atomic E-state index is 13.7. The number of ether oxygens (including phenoxy) is 6. The van der Waals surface area contributed by atoms with E-state index in [2.05, 4.69) is 30.7 Å². The number of nitrogen functional groups attached to an aromatic ring is 1. The number of methoxy groups -OCH3 is 2. The van der Waals surface area contributed by atoms with Crippen LogP contribution >= 0.6 is 8.25 Å². The van der Waals surface area contributed by atoms with Gasteiger partial charge in [0, 0.05) is 6.20 Å². The van der Waals surface area contributed by atoms with Crippen LogP contribution in [0.4, 0.5) is 5.82 Å². The van der Waals surface area contributed by atoms with Crippen LogP contribution in [0, 0.1) is 0 Å². The molecule has 5 atom stereocenters. The molecule has 3 N–H and O–H groups in total. The molecule has 0 amide bonds. The van der Waals surface area contributed by atoms with Crippen molar-refractivity contribution in [2.24, 2.45) is 0 Å². The van der Waals surface area contributed by atoms with Crippen molar-refractivity contribution < 1.29 is 56.7 Å². The largest absolute Gasteiger partial charge is 0.497 e. The zero-order valence-electron chi connectivity index (χ0n) is 37.3. The van der Waals surface area contributed by atoms with Crippen LogP contribution in [-0.2, 0) is 43.0 Å². The highest BCUT2D eigenvalue weighted by Gasteiger charge is 2.61. The van der Waals surface area contributed by atoms with Gasteiger partial charge in [0.25, 0.3) is 0 Å². The second kappa shape index (κ2) is 23.9. The number of benzene rings is 4. The van der Waals surface area contributed by atoms with Gasteiger partial charge in [0.1, 0.15) is 35.6 Å². The smallest absolute Gasteiger partial charge is 0.372 e. The molecule has 0 spiro atoms. The van der Waals surface area contributed by atoms with Crippen molar-refractivity contribution in [1.82, 2.24) is 14.5 Å². The maximum Gasteiger partial charge on any atom is 0.372 e. The van der Waals surface area contributed by atoms with Crippen LogP contribution in [-0.4, -0.2) is 103 Å². The van der Waals surface area contributed by atoms with Crippen LogP contribution in [0.1, 0.15) is 61.0 Å². The predicted octanol–water partition coefficient (Wildman–Crippen LogP) is 6.00. The lowest BCUT2D eigenvalue weighted by Crippen LogP contribution is -2.53. The van der Waals surface area contributed by atoms with E-state index in [4.69, 9.17) is 43.2 Å². The number of carbonyl (C=O) groups excluding carboxylic acids is 2. The molecule has 0 saturated carbocycles. The van der Waals surface area contributed by atoms with Crippen LogP contribution in [0.5, 0.6) is 11.5 Å². The number of aromatic nitrogens is 2. The molecule has 348 valence electrons.